The molecule has 0 aliphatic rings. The quantitative estimate of drug-likeness (QED) is 0.867. The van der Waals surface area contributed by atoms with Crippen molar-refractivity contribution < 1.29 is 9.84 Å². The predicted octanol–water partition coefficient (Wildman–Crippen LogP) is 1.96. The van der Waals surface area contributed by atoms with Gasteiger partial charge in [-0.25, -0.2) is 0 Å². The molecule has 0 amide bonds. The zero-order valence-corrected chi connectivity index (χ0v) is 12.0. The summed E-state index contributed by atoms with van der Waals surface area (Å²) < 4.78 is 7.63. The highest BCUT2D eigenvalue weighted by Gasteiger charge is 2.06. The molecule has 0 spiro atoms. The van der Waals surface area contributed by atoms with E-state index in [1.165, 1.54) is 0 Å². The molecule has 0 fully saturated rings. The molecular formula is C16H18N2O2. The summed E-state index contributed by atoms with van der Waals surface area (Å²) in [5.41, 5.74) is 3.87. The Morgan fingerprint density at radius 2 is 2.10 bits per heavy atom. The van der Waals surface area contributed by atoms with Crippen molar-refractivity contribution in [3.8, 4) is 17.6 Å². The van der Waals surface area contributed by atoms with Crippen molar-refractivity contribution in [2.45, 2.75) is 20.5 Å². The third-order valence-electron chi connectivity index (χ3n) is 2.91. The van der Waals surface area contributed by atoms with Gasteiger partial charge in [0, 0.05) is 7.05 Å². The number of aliphatic hydroxyl groups excluding tert-OH is 1. The first-order chi connectivity index (χ1) is 9.60. The lowest BCUT2D eigenvalue weighted by Gasteiger charge is -2.09. The maximum Gasteiger partial charge on any atom is 0.135 e. The van der Waals surface area contributed by atoms with Crippen molar-refractivity contribution in [1.29, 1.82) is 0 Å². The van der Waals surface area contributed by atoms with Gasteiger partial charge in [0.1, 0.15) is 19.0 Å². The fourth-order valence-electron chi connectivity index (χ4n) is 1.95. The average molecular weight is 270 g/mol. The Hall–Kier alpha value is -2.25. The number of benzene rings is 1. The minimum Gasteiger partial charge on any atom is -0.486 e. The van der Waals surface area contributed by atoms with Gasteiger partial charge in [0.05, 0.1) is 17.0 Å². The van der Waals surface area contributed by atoms with Gasteiger partial charge in [-0.3, -0.25) is 4.68 Å². The van der Waals surface area contributed by atoms with Crippen molar-refractivity contribution in [3.05, 3.63) is 46.8 Å². The van der Waals surface area contributed by atoms with E-state index in [1.54, 1.807) is 0 Å². The van der Waals surface area contributed by atoms with Crippen LogP contribution in [0.4, 0.5) is 0 Å². The number of nitrogens with zero attached hydrogens (tertiary/aromatic N) is 2. The van der Waals surface area contributed by atoms with E-state index in [0.29, 0.717) is 6.61 Å². The predicted molar refractivity (Wildman–Crippen MR) is 77.4 cm³/mol. The molecule has 0 atom stereocenters. The van der Waals surface area contributed by atoms with Crippen LogP contribution in [0.25, 0.3) is 0 Å². The van der Waals surface area contributed by atoms with Crippen molar-refractivity contribution in [2.24, 2.45) is 7.05 Å². The van der Waals surface area contributed by atoms with Crippen molar-refractivity contribution in [1.82, 2.24) is 9.78 Å². The number of hydrogen-bond acceptors (Lipinski definition) is 3. The third-order valence-corrected chi connectivity index (χ3v) is 2.91. The lowest BCUT2D eigenvalue weighted by atomic mass is 10.1. The first-order valence-electron chi connectivity index (χ1n) is 6.43. The summed E-state index contributed by atoms with van der Waals surface area (Å²) >= 11 is 0. The number of rotatable bonds is 3. The van der Waals surface area contributed by atoms with Crippen LogP contribution in [0.1, 0.15) is 22.5 Å². The molecule has 0 radical (unpaired) electrons. The summed E-state index contributed by atoms with van der Waals surface area (Å²) in [4.78, 5) is 0. The maximum atomic E-state index is 8.81. The van der Waals surface area contributed by atoms with E-state index in [-0.39, 0.29) is 6.61 Å². The van der Waals surface area contributed by atoms with Crippen LogP contribution in [-0.2, 0) is 13.7 Å². The molecule has 2 rings (SSSR count). The molecule has 4 heteroatoms. The SMILES string of the molecule is Cc1ccc(OCc2cc(C)nn2C)c(C#CCO)c1. The minimum absolute atomic E-state index is 0.158. The van der Waals surface area contributed by atoms with E-state index in [2.05, 4.69) is 16.9 Å². The van der Waals surface area contributed by atoms with Crippen LogP contribution < -0.4 is 4.74 Å². The monoisotopic (exact) mass is 270 g/mol. The molecule has 1 heterocycles. The molecular weight excluding hydrogens is 252 g/mol. The maximum absolute atomic E-state index is 8.81. The van der Waals surface area contributed by atoms with Gasteiger partial charge in [-0.1, -0.05) is 17.9 Å². The Labute approximate surface area is 119 Å². The summed E-state index contributed by atoms with van der Waals surface area (Å²) in [6, 6.07) is 7.83. The lowest BCUT2D eigenvalue weighted by molar-refractivity contribution is 0.294. The van der Waals surface area contributed by atoms with Gasteiger partial charge in [0.25, 0.3) is 0 Å². The number of aromatic nitrogens is 2. The highest BCUT2D eigenvalue weighted by Crippen LogP contribution is 2.20. The summed E-state index contributed by atoms with van der Waals surface area (Å²) in [6.45, 7) is 4.23. The van der Waals surface area contributed by atoms with Crippen molar-refractivity contribution in [2.75, 3.05) is 6.61 Å². The average Bonchev–Trinajstić information content (AvgIpc) is 2.73. The van der Waals surface area contributed by atoms with Gasteiger partial charge in [-0.05, 0) is 37.6 Å². The second-order valence-corrected chi connectivity index (χ2v) is 4.65. The third kappa shape index (κ3) is 3.40. The molecule has 2 aromatic rings. The van der Waals surface area contributed by atoms with Crippen LogP contribution >= 0.6 is 0 Å². The normalized spacial score (nSPS) is 10.0. The van der Waals surface area contributed by atoms with Gasteiger partial charge in [0.2, 0.25) is 0 Å². The highest BCUT2D eigenvalue weighted by atomic mass is 16.5. The van der Waals surface area contributed by atoms with E-state index in [4.69, 9.17) is 9.84 Å². The first kappa shape index (κ1) is 14.2. The zero-order valence-electron chi connectivity index (χ0n) is 12.0. The van der Waals surface area contributed by atoms with Crippen LogP contribution in [0.3, 0.4) is 0 Å². The van der Waals surface area contributed by atoms with Gasteiger partial charge in [-0.2, -0.15) is 5.10 Å². The van der Waals surface area contributed by atoms with Gasteiger partial charge >= 0.3 is 0 Å². The van der Waals surface area contributed by atoms with Crippen LogP contribution in [0.5, 0.6) is 5.75 Å². The summed E-state index contributed by atoms with van der Waals surface area (Å²) in [6.07, 6.45) is 0. The standard InChI is InChI=1S/C16H18N2O2/c1-12-6-7-16(14(9-12)5-4-8-19)20-11-15-10-13(2)17-18(15)3/h6-7,9-10,19H,8,11H2,1-3H3. The van der Waals surface area contributed by atoms with Gasteiger partial charge in [0.15, 0.2) is 0 Å². The Kier molecular flexibility index (Phi) is 4.44. The molecule has 0 unspecified atom stereocenters. The molecule has 20 heavy (non-hydrogen) atoms. The van der Waals surface area contributed by atoms with Crippen LogP contribution in [-0.4, -0.2) is 21.5 Å². The molecule has 0 saturated heterocycles. The zero-order chi connectivity index (χ0) is 14.5. The second-order valence-electron chi connectivity index (χ2n) is 4.65. The summed E-state index contributed by atoms with van der Waals surface area (Å²) in [5, 5.41) is 13.1. The second kappa shape index (κ2) is 6.27. The largest absolute Gasteiger partial charge is 0.486 e. The summed E-state index contributed by atoms with van der Waals surface area (Å²) in [5.74, 6) is 6.28. The van der Waals surface area contributed by atoms with Crippen LogP contribution in [0.15, 0.2) is 24.3 Å². The number of aliphatic hydroxyl groups is 1. The Balaban J connectivity index is 2.18. The fourth-order valence-corrected chi connectivity index (χ4v) is 1.95. The molecule has 1 N–H and O–H groups in total. The van der Waals surface area contributed by atoms with Gasteiger partial charge < -0.3 is 9.84 Å². The number of hydrogen-bond donors (Lipinski definition) is 1. The number of aryl methyl sites for hydroxylation is 3. The molecule has 0 aliphatic carbocycles. The Morgan fingerprint density at radius 3 is 2.75 bits per heavy atom. The first-order valence-corrected chi connectivity index (χ1v) is 6.43. The molecule has 104 valence electrons. The molecule has 1 aromatic heterocycles. The van der Waals surface area contributed by atoms with Crippen LogP contribution in [0.2, 0.25) is 0 Å². The van der Waals surface area contributed by atoms with E-state index in [0.717, 1.165) is 28.3 Å². The highest BCUT2D eigenvalue weighted by molar-refractivity contribution is 5.48. The molecule has 0 saturated carbocycles. The van der Waals surface area contributed by atoms with Gasteiger partial charge in [-0.15, -0.1) is 0 Å². The van der Waals surface area contributed by atoms with E-state index >= 15 is 0 Å². The fraction of sp³-hybridized carbons (Fsp3) is 0.312. The molecule has 4 nitrogen and oxygen atoms in total. The Morgan fingerprint density at radius 1 is 1.30 bits per heavy atom. The molecule has 0 aliphatic heterocycles. The van der Waals surface area contributed by atoms with Crippen LogP contribution in [0, 0.1) is 25.7 Å². The van der Waals surface area contributed by atoms with E-state index < -0.39 is 0 Å². The van der Waals surface area contributed by atoms with E-state index in [1.807, 2.05) is 49.8 Å². The van der Waals surface area contributed by atoms with Crippen molar-refractivity contribution >= 4 is 0 Å². The summed E-state index contributed by atoms with van der Waals surface area (Å²) in [7, 11) is 1.90. The smallest absolute Gasteiger partial charge is 0.135 e. The molecule has 1 aromatic carbocycles. The molecule has 0 bridgehead atoms. The number of ether oxygens (including phenoxy) is 1. The van der Waals surface area contributed by atoms with Crippen molar-refractivity contribution in [3.63, 3.8) is 0 Å². The topological polar surface area (TPSA) is 47.3 Å². The Bertz CT molecular complexity index is 663. The van der Waals surface area contributed by atoms with E-state index in [9.17, 15) is 0 Å². The minimum atomic E-state index is -0.158. The lowest BCUT2D eigenvalue weighted by Crippen LogP contribution is -2.04.